The first kappa shape index (κ1) is 21.2. The molecule has 0 spiro atoms. The van der Waals surface area contributed by atoms with E-state index in [1.54, 1.807) is 0 Å². The van der Waals surface area contributed by atoms with Gasteiger partial charge in [-0.3, -0.25) is 4.79 Å². The number of carbonyl (C=O) groups is 1. The minimum absolute atomic E-state index is 0.129. The molecule has 5 nitrogen and oxygen atoms in total. The SMILES string of the molecule is C=CCc1ccccc1OCCn1c([C@@H]2CC(=O)N(CCCC)C2)nc2ccccc21. The van der Waals surface area contributed by atoms with Crippen LogP contribution in [0.1, 0.15) is 43.5 Å². The fraction of sp³-hybridized carbons (Fsp3) is 0.385. The summed E-state index contributed by atoms with van der Waals surface area (Å²) in [5.41, 5.74) is 3.21. The lowest BCUT2D eigenvalue weighted by atomic mass is 10.1. The summed E-state index contributed by atoms with van der Waals surface area (Å²) >= 11 is 0. The van der Waals surface area contributed by atoms with Crippen LogP contribution in [-0.2, 0) is 17.8 Å². The molecule has 31 heavy (non-hydrogen) atoms. The molecule has 1 aliphatic rings. The number of hydrogen-bond acceptors (Lipinski definition) is 3. The third-order valence-corrected chi connectivity index (χ3v) is 5.95. The zero-order valence-corrected chi connectivity index (χ0v) is 18.3. The minimum atomic E-state index is 0.129. The van der Waals surface area contributed by atoms with Crippen molar-refractivity contribution < 1.29 is 9.53 Å². The second kappa shape index (κ2) is 9.82. The van der Waals surface area contributed by atoms with Crippen molar-refractivity contribution in [2.75, 3.05) is 19.7 Å². The van der Waals surface area contributed by atoms with Gasteiger partial charge in [0.15, 0.2) is 0 Å². The van der Waals surface area contributed by atoms with Crippen LogP contribution in [-0.4, -0.2) is 40.1 Å². The molecule has 2 heterocycles. The van der Waals surface area contributed by atoms with E-state index in [0.717, 1.165) is 60.5 Å². The van der Waals surface area contributed by atoms with Gasteiger partial charge in [-0.25, -0.2) is 4.98 Å². The third kappa shape index (κ3) is 4.66. The first-order chi connectivity index (χ1) is 15.2. The fourth-order valence-electron chi connectivity index (χ4n) is 4.37. The van der Waals surface area contributed by atoms with Gasteiger partial charge in [-0.2, -0.15) is 0 Å². The van der Waals surface area contributed by atoms with E-state index < -0.39 is 0 Å². The van der Waals surface area contributed by atoms with Crippen LogP contribution in [0, 0.1) is 0 Å². The number of ether oxygens (including phenoxy) is 1. The summed E-state index contributed by atoms with van der Waals surface area (Å²) in [5.74, 6) is 2.27. The Hall–Kier alpha value is -3.08. The number of para-hydroxylation sites is 3. The number of benzene rings is 2. The minimum Gasteiger partial charge on any atom is -0.491 e. The highest BCUT2D eigenvalue weighted by Crippen LogP contribution is 2.30. The summed E-state index contributed by atoms with van der Waals surface area (Å²) in [6.45, 7) is 8.83. The molecule has 3 aromatic rings. The maximum Gasteiger partial charge on any atom is 0.223 e. The van der Waals surface area contributed by atoms with Crippen molar-refractivity contribution in [2.24, 2.45) is 0 Å². The summed E-state index contributed by atoms with van der Waals surface area (Å²) in [7, 11) is 0. The number of rotatable bonds is 10. The Balaban J connectivity index is 1.54. The van der Waals surface area contributed by atoms with Crippen LogP contribution in [0.5, 0.6) is 5.75 Å². The highest BCUT2D eigenvalue weighted by atomic mass is 16.5. The van der Waals surface area contributed by atoms with Gasteiger partial charge in [-0.15, -0.1) is 6.58 Å². The van der Waals surface area contributed by atoms with Crippen LogP contribution in [0.2, 0.25) is 0 Å². The van der Waals surface area contributed by atoms with Crippen molar-refractivity contribution in [1.29, 1.82) is 0 Å². The lowest BCUT2D eigenvalue weighted by molar-refractivity contribution is -0.127. The molecule has 1 amide bonds. The van der Waals surface area contributed by atoms with Crippen LogP contribution in [0.3, 0.4) is 0 Å². The van der Waals surface area contributed by atoms with Gasteiger partial charge >= 0.3 is 0 Å². The number of nitrogens with zero attached hydrogens (tertiary/aromatic N) is 3. The van der Waals surface area contributed by atoms with Gasteiger partial charge in [0.1, 0.15) is 18.2 Å². The van der Waals surface area contributed by atoms with Crippen LogP contribution in [0.15, 0.2) is 61.2 Å². The Kier molecular flexibility index (Phi) is 6.70. The molecule has 2 aromatic carbocycles. The van der Waals surface area contributed by atoms with E-state index in [1.807, 2.05) is 47.4 Å². The average molecular weight is 418 g/mol. The van der Waals surface area contributed by atoms with Crippen molar-refractivity contribution in [3.63, 3.8) is 0 Å². The average Bonchev–Trinajstić information content (AvgIpc) is 3.34. The molecule has 5 heteroatoms. The van der Waals surface area contributed by atoms with E-state index in [9.17, 15) is 4.79 Å². The van der Waals surface area contributed by atoms with E-state index in [1.165, 1.54) is 0 Å². The zero-order valence-electron chi connectivity index (χ0n) is 18.3. The van der Waals surface area contributed by atoms with Gasteiger partial charge < -0.3 is 14.2 Å². The van der Waals surface area contributed by atoms with Crippen molar-refractivity contribution in [3.05, 3.63) is 72.6 Å². The standard InChI is InChI=1S/C26H31N3O2/c1-3-5-15-28-19-21(18-25(28)30)26-27-22-12-7-8-13-23(22)29(26)16-17-31-24-14-9-6-11-20(24)10-4-2/h4,6-9,11-14,21H,2-3,5,10,15-19H2,1H3/t21-/m1/s1. The molecular formula is C26H31N3O2. The van der Waals surface area contributed by atoms with Gasteiger partial charge in [0.25, 0.3) is 0 Å². The van der Waals surface area contributed by atoms with E-state index >= 15 is 0 Å². The molecule has 0 saturated carbocycles. The van der Waals surface area contributed by atoms with Crippen LogP contribution in [0.4, 0.5) is 0 Å². The summed E-state index contributed by atoms with van der Waals surface area (Å²) in [6.07, 6.45) is 5.36. The number of imidazole rings is 1. The Morgan fingerprint density at radius 1 is 1.16 bits per heavy atom. The Morgan fingerprint density at radius 2 is 1.97 bits per heavy atom. The number of hydrogen-bond donors (Lipinski definition) is 0. The summed E-state index contributed by atoms with van der Waals surface area (Å²) in [6, 6.07) is 16.3. The monoisotopic (exact) mass is 417 g/mol. The molecule has 0 N–H and O–H groups in total. The number of aromatic nitrogens is 2. The maximum atomic E-state index is 12.5. The number of likely N-dealkylation sites (tertiary alicyclic amines) is 1. The number of amides is 1. The second-order valence-electron chi connectivity index (χ2n) is 8.15. The topological polar surface area (TPSA) is 47.4 Å². The van der Waals surface area contributed by atoms with Crippen molar-refractivity contribution in [3.8, 4) is 5.75 Å². The van der Waals surface area contributed by atoms with E-state index in [4.69, 9.17) is 9.72 Å². The van der Waals surface area contributed by atoms with Gasteiger partial charge in [0.2, 0.25) is 5.91 Å². The van der Waals surface area contributed by atoms with E-state index in [0.29, 0.717) is 19.6 Å². The number of carbonyl (C=O) groups excluding carboxylic acids is 1. The van der Waals surface area contributed by atoms with E-state index in [2.05, 4.69) is 30.2 Å². The summed E-state index contributed by atoms with van der Waals surface area (Å²) in [4.78, 5) is 19.5. The zero-order chi connectivity index (χ0) is 21.6. The normalized spacial score (nSPS) is 16.2. The quantitative estimate of drug-likeness (QED) is 0.438. The second-order valence-corrected chi connectivity index (χ2v) is 8.15. The van der Waals surface area contributed by atoms with Crippen molar-refractivity contribution in [2.45, 2.75) is 45.1 Å². The molecule has 4 rings (SSSR count). The first-order valence-corrected chi connectivity index (χ1v) is 11.3. The third-order valence-electron chi connectivity index (χ3n) is 5.95. The smallest absolute Gasteiger partial charge is 0.223 e. The molecule has 1 aromatic heterocycles. The Labute approximate surface area is 184 Å². The van der Waals surface area contributed by atoms with Crippen molar-refractivity contribution >= 4 is 16.9 Å². The molecule has 1 atom stereocenters. The molecule has 162 valence electrons. The first-order valence-electron chi connectivity index (χ1n) is 11.3. The molecule has 0 unspecified atom stereocenters. The fourth-order valence-corrected chi connectivity index (χ4v) is 4.37. The van der Waals surface area contributed by atoms with Gasteiger partial charge in [-0.05, 0) is 36.6 Å². The highest BCUT2D eigenvalue weighted by molar-refractivity contribution is 5.80. The van der Waals surface area contributed by atoms with Crippen LogP contribution < -0.4 is 4.74 Å². The van der Waals surface area contributed by atoms with Crippen LogP contribution in [0.25, 0.3) is 11.0 Å². The predicted molar refractivity (Wildman–Crippen MR) is 124 cm³/mol. The van der Waals surface area contributed by atoms with Crippen LogP contribution >= 0.6 is 0 Å². The number of unbranched alkanes of at least 4 members (excludes halogenated alkanes) is 1. The molecular weight excluding hydrogens is 386 g/mol. The molecule has 1 aliphatic heterocycles. The molecule has 0 bridgehead atoms. The molecule has 1 saturated heterocycles. The lowest BCUT2D eigenvalue weighted by Gasteiger charge is -2.17. The summed E-state index contributed by atoms with van der Waals surface area (Å²) < 4.78 is 8.39. The Morgan fingerprint density at radius 3 is 2.81 bits per heavy atom. The largest absolute Gasteiger partial charge is 0.491 e. The van der Waals surface area contributed by atoms with Gasteiger partial charge in [0.05, 0.1) is 17.6 Å². The number of fused-ring (bicyclic) bond motifs is 1. The van der Waals surface area contributed by atoms with Crippen molar-refractivity contribution in [1.82, 2.24) is 14.5 Å². The molecule has 1 fully saturated rings. The van der Waals surface area contributed by atoms with Gasteiger partial charge in [-0.1, -0.05) is 49.8 Å². The molecule has 0 radical (unpaired) electrons. The maximum absolute atomic E-state index is 12.5. The molecule has 0 aliphatic carbocycles. The Bertz CT molecular complexity index is 1060. The summed E-state index contributed by atoms with van der Waals surface area (Å²) in [5, 5.41) is 0. The lowest BCUT2D eigenvalue weighted by Crippen LogP contribution is -2.26. The predicted octanol–water partition coefficient (Wildman–Crippen LogP) is 4.96. The van der Waals surface area contributed by atoms with E-state index in [-0.39, 0.29) is 11.8 Å². The van der Waals surface area contributed by atoms with Gasteiger partial charge in [0, 0.05) is 25.4 Å². The highest BCUT2D eigenvalue weighted by Gasteiger charge is 2.33. The number of allylic oxidation sites excluding steroid dienone is 1.